The van der Waals surface area contributed by atoms with Crippen LogP contribution in [0.15, 0.2) is 30.3 Å². The number of hydrogen-bond acceptors (Lipinski definition) is 5. The SMILES string of the molecule is CCc1nc(NC(=O)C2CCN(C(=O)CCOc3ccccc3)CC2)sc1C. The predicted molar refractivity (Wildman–Crippen MR) is 111 cm³/mol. The Kier molecular flexibility index (Phi) is 7.03. The molecule has 1 aromatic carbocycles. The third kappa shape index (κ3) is 5.32. The van der Waals surface area contributed by atoms with Gasteiger partial charge in [-0.1, -0.05) is 25.1 Å². The molecule has 2 aromatic rings. The number of para-hydroxylation sites is 1. The van der Waals surface area contributed by atoms with Crippen molar-refractivity contribution < 1.29 is 14.3 Å². The molecule has 1 aliphatic heterocycles. The number of carbonyl (C=O) groups excluding carboxylic acids is 2. The van der Waals surface area contributed by atoms with Gasteiger partial charge in [-0.3, -0.25) is 9.59 Å². The smallest absolute Gasteiger partial charge is 0.229 e. The minimum absolute atomic E-state index is 0.0101. The fourth-order valence-electron chi connectivity index (χ4n) is 3.34. The van der Waals surface area contributed by atoms with Crippen molar-refractivity contribution in [2.24, 2.45) is 5.92 Å². The van der Waals surface area contributed by atoms with E-state index in [2.05, 4.69) is 17.2 Å². The highest BCUT2D eigenvalue weighted by Gasteiger charge is 2.27. The first-order chi connectivity index (χ1) is 13.6. The van der Waals surface area contributed by atoms with Crippen molar-refractivity contribution in [1.29, 1.82) is 0 Å². The summed E-state index contributed by atoms with van der Waals surface area (Å²) in [6, 6.07) is 9.49. The maximum absolute atomic E-state index is 12.5. The van der Waals surface area contributed by atoms with Gasteiger partial charge in [-0.15, -0.1) is 11.3 Å². The van der Waals surface area contributed by atoms with E-state index in [0.717, 1.165) is 22.7 Å². The fraction of sp³-hybridized carbons (Fsp3) is 0.476. The van der Waals surface area contributed by atoms with Crippen LogP contribution in [0, 0.1) is 12.8 Å². The quantitative estimate of drug-likeness (QED) is 0.769. The molecule has 0 saturated carbocycles. The van der Waals surface area contributed by atoms with Crippen LogP contribution in [0.3, 0.4) is 0 Å². The van der Waals surface area contributed by atoms with Crippen molar-refractivity contribution >= 4 is 28.3 Å². The van der Waals surface area contributed by atoms with Crippen molar-refractivity contribution in [3.8, 4) is 5.75 Å². The molecule has 150 valence electrons. The average Bonchev–Trinajstić information content (AvgIpc) is 3.08. The van der Waals surface area contributed by atoms with Crippen molar-refractivity contribution in [2.45, 2.75) is 39.5 Å². The van der Waals surface area contributed by atoms with Gasteiger partial charge in [0.15, 0.2) is 5.13 Å². The number of rotatable bonds is 7. The number of aromatic nitrogens is 1. The number of hydrogen-bond donors (Lipinski definition) is 1. The predicted octanol–water partition coefficient (Wildman–Crippen LogP) is 3.66. The van der Waals surface area contributed by atoms with Gasteiger partial charge in [0.05, 0.1) is 18.7 Å². The summed E-state index contributed by atoms with van der Waals surface area (Å²) in [5.74, 6) is 0.794. The number of nitrogens with zero attached hydrogens (tertiary/aromatic N) is 2. The molecule has 1 saturated heterocycles. The number of likely N-dealkylation sites (tertiary alicyclic amines) is 1. The Morgan fingerprint density at radius 2 is 1.96 bits per heavy atom. The zero-order valence-corrected chi connectivity index (χ0v) is 17.3. The Morgan fingerprint density at radius 1 is 1.25 bits per heavy atom. The standard InChI is InChI=1S/C21H27N3O3S/c1-3-18-15(2)28-21(22-18)23-20(26)16-9-12-24(13-10-16)19(25)11-14-27-17-7-5-4-6-8-17/h4-8,16H,3,9-14H2,1-2H3,(H,22,23,26). The third-order valence-corrected chi connectivity index (χ3v) is 5.93. The number of aryl methyl sites for hydroxylation is 2. The molecular formula is C21H27N3O3S. The Bertz CT molecular complexity index is 798. The first kappa shape index (κ1) is 20.3. The number of nitrogens with one attached hydrogen (secondary N) is 1. The lowest BCUT2D eigenvalue weighted by atomic mass is 9.96. The van der Waals surface area contributed by atoms with E-state index in [1.165, 1.54) is 11.3 Å². The van der Waals surface area contributed by atoms with Gasteiger partial charge < -0.3 is 15.0 Å². The molecule has 2 amide bonds. The number of ether oxygens (including phenoxy) is 1. The van der Waals surface area contributed by atoms with E-state index in [4.69, 9.17) is 4.74 Å². The molecule has 1 N–H and O–H groups in total. The summed E-state index contributed by atoms with van der Waals surface area (Å²) < 4.78 is 5.60. The molecule has 0 aliphatic carbocycles. The van der Waals surface area contributed by atoms with Crippen molar-refractivity contribution in [2.75, 3.05) is 25.0 Å². The molecule has 0 radical (unpaired) electrons. The topological polar surface area (TPSA) is 71.5 Å². The van der Waals surface area contributed by atoms with Gasteiger partial charge >= 0.3 is 0 Å². The van der Waals surface area contributed by atoms with Crippen LogP contribution in [0.1, 0.15) is 36.8 Å². The Morgan fingerprint density at radius 3 is 2.61 bits per heavy atom. The summed E-state index contributed by atoms with van der Waals surface area (Å²) in [5, 5.41) is 3.63. The summed E-state index contributed by atoms with van der Waals surface area (Å²) in [6.07, 6.45) is 2.58. The van der Waals surface area contributed by atoms with Gasteiger partial charge in [0.2, 0.25) is 11.8 Å². The second-order valence-corrected chi connectivity index (χ2v) is 8.13. The summed E-state index contributed by atoms with van der Waals surface area (Å²) in [4.78, 5) is 32.3. The van der Waals surface area contributed by atoms with E-state index >= 15 is 0 Å². The lowest BCUT2D eigenvalue weighted by Gasteiger charge is -2.31. The van der Waals surface area contributed by atoms with Gasteiger partial charge in [0, 0.05) is 23.9 Å². The van der Waals surface area contributed by atoms with Crippen LogP contribution in [-0.4, -0.2) is 41.4 Å². The van der Waals surface area contributed by atoms with Crippen LogP contribution in [0.2, 0.25) is 0 Å². The molecule has 2 heterocycles. The van der Waals surface area contributed by atoms with Crippen LogP contribution in [0.25, 0.3) is 0 Å². The molecule has 0 spiro atoms. The number of carbonyl (C=O) groups is 2. The Balaban J connectivity index is 1.40. The largest absolute Gasteiger partial charge is 0.493 e. The highest BCUT2D eigenvalue weighted by Crippen LogP contribution is 2.25. The third-order valence-electron chi connectivity index (χ3n) is 5.00. The van der Waals surface area contributed by atoms with Crippen molar-refractivity contribution in [3.63, 3.8) is 0 Å². The highest BCUT2D eigenvalue weighted by atomic mass is 32.1. The first-order valence-corrected chi connectivity index (χ1v) is 10.6. The van der Waals surface area contributed by atoms with E-state index in [9.17, 15) is 9.59 Å². The van der Waals surface area contributed by atoms with Gasteiger partial charge in [-0.25, -0.2) is 4.98 Å². The zero-order valence-electron chi connectivity index (χ0n) is 16.4. The van der Waals surface area contributed by atoms with Crippen LogP contribution >= 0.6 is 11.3 Å². The number of benzene rings is 1. The summed E-state index contributed by atoms with van der Waals surface area (Å²) in [7, 11) is 0. The van der Waals surface area contributed by atoms with Gasteiger partial charge in [0.25, 0.3) is 0 Å². The number of anilines is 1. The van der Waals surface area contributed by atoms with Gasteiger partial charge in [0.1, 0.15) is 5.75 Å². The molecule has 1 aliphatic rings. The lowest BCUT2D eigenvalue weighted by Crippen LogP contribution is -2.41. The number of piperidine rings is 1. The lowest BCUT2D eigenvalue weighted by molar-refractivity contribution is -0.135. The van der Waals surface area contributed by atoms with Crippen LogP contribution in [0.4, 0.5) is 5.13 Å². The molecule has 0 bridgehead atoms. The first-order valence-electron chi connectivity index (χ1n) is 9.79. The molecule has 1 aromatic heterocycles. The summed E-state index contributed by atoms with van der Waals surface area (Å²) in [6.45, 7) is 5.67. The molecule has 3 rings (SSSR count). The zero-order chi connectivity index (χ0) is 19.9. The average molecular weight is 402 g/mol. The summed E-state index contributed by atoms with van der Waals surface area (Å²) in [5.41, 5.74) is 1.04. The molecule has 0 atom stereocenters. The van der Waals surface area contributed by atoms with Crippen LogP contribution < -0.4 is 10.1 Å². The molecular weight excluding hydrogens is 374 g/mol. The second kappa shape index (κ2) is 9.68. The monoisotopic (exact) mass is 401 g/mol. The minimum atomic E-state index is -0.0705. The van der Waals surface area contributed by atoms with Crippen LogP contribution in [0.5, 0.6) is 5.75 Å². The second-order valence-electron chi connectivity index (χ2n) is 6.93. The van der Waals surface area contributed by atoms with E-state index in [0.29, 0.717) is 44.1 Å². The van der Waals surface area contributed by atoms with E-state index in [1.54, 1.807) is 0 Å². The Labute approximate surface area is 169 Å². The van der Waals surface area contributed by atoms with Crippen molar-refractivity contribution in [1.82, 2.24) is 9.88 Å². The van der Waals surface area contributed by atoms with E-state index in [-0.39, 0.29) is 17.7 Å². The number of amides is 2. The number of thiazole rings is 1. The molecule has 0 unspecified atom stereocenters. The molecule has 6 nitrogen and oxygen atoms in total. The van der Waals surface area contributed by atoms with Crippen LogP contribution in [-0.2, 0) is 16.0 Å². The maximum Gasteiger partial charge on any atom is 0.229 e. The van der Waals surface area contributed by atoms with Gasteiger partial charge in [-0.2, -0.15) is 0 Å². The Hall–Kier alpha value is -2.41. The summed E-state index contributed by atoms with van der Waals surface area (Å²) >= 11 is 1.52. The normalized spacial score (nSPS) is 14.7. The molecule has 7 heteroatoms. The molecule has 1 fully saturated rings. The van der Waals surface area contributed by atoms with Crippen molar-refractivity contribution in [3.05, 3.63) is 40.9 Å². The van der Waals surface area contributed by atoms with E-state index < -0.39 is 0 Å². The van der Waals surface area contributed by atoms with E-state index in [1.807, 2.05) is 42.2 Å². The minimum Gasteiger partial charge on any atom is -0.493 e. The molecule has 28 heavy (non-hydrogen) atoms. The van der Waals surface area contributed by atoms with Gasteiger partial charge in [-0.05, 0) is 38.3 Å². The maximum atomic E-state index is 12.5. The highest BCUT2D eigenvalue weighted by molar-refractivity contribution is 7.15. The fourth-order valence-corrected chi connectivity index (χ4v) is 4.24.